The number of carbonyl (C=O) groups is 2. The standard InChI is InChI=1S/C19H19NO5/c1-2-25-19(22)18(20(23)24)16(14-9-5-3-6-10-14)13-17(21)15-11-7-4-8-12-15/h3-12,16,18H,2,13H2,1H3/t16?,18-/m0/s1. The number of nitro groups is 1. The van der Waals surface area contributed by atoms with E-state index >= 15 is 0 Å². The molecule has 2 aromatic carbocycles. The van der Waals surface area contributed by atoms with Crippen LogP contribution in [0, 0.1) is 10.1 Å². The largest absolute Gasteiger partial charge is 0.461 e. The number of ketones is 1. The summed E-state index contributed by atoms with van der Waals surface area (Å²) in [5.41, 5.74) is 1.01. The van der Waals surface area contributed by atoms with Crippen molar-refractivity contribution in [3.05, 3.63) is 81.9 Å². The SMILES string of the molecule is CCOC(=O)[C@H](C(CC(=O)c1ccccc1)c1ccccc1)[N+](=O)[O-]. The van der Waals surface area contributed by atoms with E-state index in [2.05, 4.69) is 0 Å². The summed E-state index contributed by atoms with van der Waals surface area (Å²) in [6.07, 6.45) is -0.154. The summed E-state index contributed by atoms with van der Waals surface area (Å²) in [4.78, 5) is 35.6. The van der Waals surface area contributed by atoms with Crippen LogP contribution in [0.5, 0.6) is 0 Å². The highest BCUT2D eigenvalue weighted by Crippen LogP contribution is 2.28. The number of ether oxygens (including phenoxy) is 1. The van der Waals surface area contributed by atoms with Crippen molar-refractivity contribution >= 4 is 11.8 Å². The molecule has 25 heavy (non-hydrogen) atoms. The fourth-order valence-corrected chi connectivity index (χ4v) is 2.68. The van der Waals surface area contributed by atoms with E-state index in [0.29, 0.717) is 11.1 Å². The monoisotopic (exact) mass is 341 g/mol. The number of hydrogen-bond donors (Lipinski definition) is 0. The molecule has 0 saturated heterocycles. The van der Waals surface area contributed by atoms with Gasteiger partial charge in [-0.05, 0) is 12.5 Å². The first-order valence-electron chi connectivity index (χ1n) is 7.98. The van der Waals surface area contributed by atoms with Gasteiger partial charge in [0, 0.05) is 16.9 Å². The molecule has 0 aromatic heterocycles. The van der Waals surface area contributed by atoms with Gasteiger partial charge in [-0.15, -0.1) is 0 Å². The highest BCUT2D eigenvalue weighted by atomic mass is 16.6. The maximum Gasteiger partial charge on any atom is 0.382 e. The lowest BCUT2D eigenvalue weighted by atomic mass is 9.86. The molecule has 0 heterocycles. The number of nitrogens with zero attached hydrogens (tertiary/aromatic N) is 1. The van der Waals surface area contributed by atoms with Crippen molar-refractivity contribution in [1.82, 2.24) is 0 Å². The molecule has 0 radical (unpaired) electrons. The molecule has 1 unspecified atom stereocenters. The predicted octanol–water partition coefficient (Wildman–Crippen LogP) is 3.25. The first-order chi connectivity index (χ1) is 12.0. The summed E-state index contributed by atoms with van der Waals surface area (Å²) >= 11 is 0. The van der Waals surface area contributed by atoms with Crippen LogP contribution >= 0.6 is 0 Å². The fourth-order valence-electron chi connectivity index (χ4n) is 2.68. The zero-order chi connectivity index (χ0) is 18.2. The summed E-state index contributed by atoms with van der Waals surface area (Å²) in [5, 5.41) is 11.5. The van der Waals surface area contributed by atoms with Crippen molar-refractivity contribution in [2.75, 3.05) is 6.61 Å². The van der Waals surface area contributed by atoms with Gasteiger partial charge in [-0.3, -0.25) is 14.9 Å². The second-order valence-corrected chi connectivity index (χ2v) is 5.49. The predicted molar refractivity (Wildman–Crippen MR) is 92.0 cm³/mol. The number of Topliss-reactive ketones (excluding diaryl/α,β-unsaturated/α-hetero) is 1. The smallest absolute Gasteiger partial charge is 0.382 e. The second kappa shape index (κ2) is 8.73. The van der Waals surface area contributed by atoms with Gasteiger partial charge in [-0.2, -0.15) is 0 Å². The van der Waals surface area contributed by atoms with Crippen molar-refractivity contribution in [1.29, 1.82) is 0 Å². The van der Waals surface area contributed by atoms with Gasteiger partial charge in [0.25, 0.3) is 0 Å². The van der Waals surface area contributed by atoms with Gasteiger partial charge in [-0.25, -0.2) is 4.79 Å². The molecule has 6 heteroatoms. The quantitative estimate of drug-likeness (QED) is 0.318. The molecule has 0 saturated carbocycles. The van der Waals surface area contributed by atoms with Crippen molar-refractivity contribution < 1.29 is 19.2 Å². The average Bonchev–Trinajstić information content (AvgIpc) is 2.62. The molecule has 0 N–H and O–H groups in total. The van der Waals surface area contributed by atoms with Crippen LogP contribution in [0.2, 0.25) is 0 Å². The molecule has 0 amide bonds. The summed E-state index contributed by atoms with van der Waals surface area (Å²) in [6.45, 7) is 1.62. The molecule has 0 bridgehead atoms. The topological polar surface area (TPSA) is 86.5 Å². The van der Waals surface area contributed by atoms with Gasteiger partial charge in [-0.1, -0.05) is 60.7 Å². The van der Waals surface area contributed by atoms with E-state index in [9.17, 15) is 19.7 Å². The molecular formula is C19H19NO5. The number of carbonyl (C=O) groups excluding carboxylic acids is 2. The molecule has 6 nitrogen and oxygen atoms in total. The van der Waals surface area contributed by atoms with Crippen LogP contribution in [0.25, 0.3) is 0 Å². The summed E-state index contributed by atoms with van der Waals surface area (Å²) in [7, 11) is 0. The summed E-state index contributed by atoms with van der Waals surface area (Å²) in [5.74, 6) is -2.09. The Hall–Kier alpha value is -3.02. The Balaban J connectivity index is 2.37. The Kier molecular flexibility index (Phi) is 6.39. The molecule has 2 aromatic rings. The van der Waals surface area contributed by atoms with E-state index in [1.807, 2.05) is 0 Å². The zero-order valence-electron chi connectivity index (χ0n) is 13.8. The number of rotatable bonds is 8. The van der Waals surface area contributed by atoms with Gasteiger partial charge in [0.2, 0.25) is 0 Å². The van der Waals surface area contributed by atoms with Crippen LogP contribution in [0.1, 0.15) is 35.2 Å². The average molecular weight is 341 g/mol. The Morgan fingerprint density at radius 2 is 1.60 bits per heavy atom. The lowest BCUT2D eigenvalue weighted by molar-refractivity contribution is -0.514. The first-order valence-corrected chi connectivity index (χ1v) is 7.98. The van der Waals surface area contributed by atoms with Crippen LogP contribution < -0.4 is 0 Å². The highest BCUT2D eigenvalue weighted by Gasteiger charge is 2.42. The third kappa shape index (κ3) is 4.73. The van der Waals surface area contributed by atoms with Crippen LogP contribution in [0.4, 0.5) is 0 Å². The van der Waals surface area contributed by atoms with Gasteiger partial charge < -0.3 is 4.74 Å². The van der Waals surface area contributed by atoms with E-state index in [4.69, 9.17) is 4.74 Å². The van der Waals surface area contributed by atoms with Gasteiger partial charge in [0.05, 0.1) is 12.5 Å². The molecular weight excluding hydrogens is 322 g/mol. The lowest BCUT2D eigenvalue weighted by Gasteiger charge is -2.19. The number of hydrogen-bond acceptors (Lipinski definition) is 5. The third-order valence-corrected chi connectivity index (χ3v) is 3.87. The molecule has 0 spiro atoms. The Bertz CT molecular complexity index is 730. The molecule has 0 fully saturated rings. The van der Waals surface area contributed by atoms with Gasteiger partial charge in [0.1, 0.15) is 0 Å². The maximum absolute atomic E-state index is 12.6. The third-order valence-electron chi connectivity index (χ3n) is 3.87. The Labute approximate surface area is 145 Å². The first kappa shape index (κ1) is 18.3. The minimum atomic E-state index is -1.63. The Morgan fingerprint density at radius 3 is 2.12 bits per heavy atom. The zero-order valence-corrected chi connectivity index (χ0v) is 13.8. The molecule has 2 atom stereocenters. The minimum absolute atomic E-state index is 0.0390. The van der Waals surface area contributed by atoms with Gasteiger partial charge in [0.15, 0.2) is 5.78 Å². The fraction of sp³-hybridized carbons (Fsp3) is 0.263. The van der Waals surface area contributed by atoms with Crippen LogP contribution in [-0.4, -0.2) is 29.3 Å². The van der Waals surface area contributed by atoms with Crippen molar-refractivity contribution in [2.24, 2.45) is 0 Å². The molecule has 130 valence electrons. The normalized spacial score (nSPS) is 12.8. The Morgan fingerprint density at radius 1 is 1.04 bits per heavy atom. The molecule has 2 rings (SSSR count). The minimum Gasteiger partial charge on any atom is -0.461 e. The number of benzene rings is 2. The lowest BCUT2D eigenvalue weighted by Crippen LogP contribution is -2.38. The van der Waals surface area contributed by atoms with Crippen molar-refractivity contribution in [2.45, 2.75) is 25.3 Å². The van der Waals surface area contributed by atoms with E-state index in [-0.39, 0.29) is 18.8 Å². The van der Waals surface area contributed by atoms with Crippen molar-refractivity contribution in [3.8, 4) is 0 Å². The molecule has 0 aliphatic heterocycles. The van der Waals surface area contributed by atoms with Crippen molar-refractivity contribution in [3.63, 3.8) is 0 Å². The van der Waals surface area contributed by atoms with E-state index in [1.165, 1.54) is 0 Å². The van der Waals surface area contributed by atoms with Crippen LogP contribution in [0.15, 0.2) is 60.7 Å². The maximum atomic E-state index is 12.6. The highest BCUT2D eigenvalue weighted by molar-refractivity contribution is 5.97. The van der Waals surface area contributed by atoms with E-state index in [0.717, 1.165) is 0 Å². The molecule has 0 aliphatic rings. The second-order valence-electron chi connectivity index (χ2n) is 5.49. The van der Waals surface area contributed by atoms with Crippen LogP contribution in [0.3, 0.4) is 0 Å². The van der Waals surface area contributed by atoms with Gasteiger partial charge >= 0.3 is 12.0 Å². The number of esters is 1. The molecule has 0 aliphatic carbocycles. The summed E-state index contributed by atoms with van der Waals surface area (Å²) in [6, 6.07) is 15.5. The summed E-state index contributed by atoms with van der Waals surface area (Å²) < 4.78 is 4.86. The van der Waals surface area contributed by atoms with E-state index in [1.54, 1.807) is 67.6 Å². The van der Waals surface area contributed by atoms with E-state index < -0.39 is 22.9 Å². The van der Waals surface area contributed by atoms with Crippen LogP contribution in [-0.2, 0) is 9.53 Å².